The number of pyridine rings is 1. The molecule has 6 heteroatoms. The van der Waals surface area contributed by atoms with Crippen molar-refractivity contribution in [2.24, 2.45) is 4.99 Å². The lowest BCUT2D eigenvalue weighted by molar-refractivity contribution is 0.392. The lowest BCUT2D eigenvalue weighted by atomic mass is 10.2. The van der Waals surface area contributed by atoms with Crippen LogP contribution < -0.4 is 15.4 Å². The van der Waals surface area contributed by atoms with Crippen molar-refractivity contribution in [1.29, 1.82) is 0 Å². The van der Waals surface area contributed by atoms with Crippen LogP contribution in [-0.4, -0.2) is 31.1 Å². The summed E-state index contributed by atoms with van der Waals surface area (Å²) in [5, 5.41) is 6.72. The molecule has 1 unspecified atom stereocenters. The first-order valence-corrected chi connectivity index (χ1v) is 8.44. The number of aryl methyl sites for hydroxylation is 1. The molecule has 0 aliphatic heterocycles. The van der Waals surface area contributed by atoms with E-state index in [9.17, 15) is 0 Å². The molecule has 124 valence electrons. The summed E-state index contributed by atoms with van der Waals surface area (Å²) in [5.41, 5.74) is 1.000. The summed E-state index contributed by atoms with van der Waals surface area (Å²) in [5.74, 6) is 1.41. The molecule has 0 aromatic carbocycles. The summed E-state index contributed by atoms with van der Waals surface area (Å²) in [6.07, 6.45) is 2.70. The number of thiophene rings is 1. The highest BCUT2D eigenvalue weighted by atomic mass is 32.1. The Labute approximate surface area is 141 Å². The van der Waals surface area contributed by atoms with E-state index in [1.54, 1.807) is 20.4 Å². The number of nitrogens with one attached hydrogen (secondary N) is 2. The molecule has 0 aliphatic rings. The van der Waals surface area contributed by atoms with Gasteiger partial charge in [0.05, 0.1) is 7.11 Å². The highest BCUT2D eigenvalue weighted by Gasteiger charge is 2.09. The van der Waals surface area contributed by atoms with E-state index in [1.807, 2.05) is 23.5 Å². The molecular weight excluding hydrogens is 308 g/mol. The third kappa shape index (κ3) is 5.25. The average molecular weight is 332 g/mol. The standard InChI is InChI=1S/C17H24N4OS/c1-12(10-15-8-7-13(2)23-15)21-17(18-3)20-11-14-6-5-9-19-16(14)22-4/h5-9,12H,10-11H2,1-4H3,(H2,18,20,21). The quantitative estimate of drug-likeness (QED) is 0.631. The normalized spacial score (nSPS) is 12.8. The Morgan fingerprint density at radius 3 is 2.87 bits per heavy atom. The number of aromatic nitrogens is 1. The average Bonchev–Trinajstić information content (AvgIpc) is 2.96. The molecule has 2 aromatic rings. The van der Waals surface area contributed by atoms with Gasteiger partial charge in [-0.2, -0.15) is 0 Å². The van der Waals surface area contributed by atoms with Gasteiger partial charge in [-0.1, -0.05) is 6.07 Å². The van der Waals surface area contributed by atoms with Crippen LogP contribution in [0.15, 0.2) is 35.5 Å². The summed E-state index contributed by atoms with van der Waals surface area (Å²) in [7, 11) is 3.40. The third-order valence-electron chi connectivity index (χ3n) is 3.40. The molecule has 0 fully saturated rings. The summed E-state index contributed by atoms with van der Waals surface area (Å²) in [6, 6.07) is 8.54. The fraction of sp³-hybridized carbons (Fsp3) is 0.412. The molecule has 2 heterocycles. The Hall–Kier alpha value is -2.08. The largest absolute Gasteiger partial charge is 0.481 e. The van der Waals surface area contributed by atoms with Crippen LogP contribution in [0, 0.1) is 6.92 Å². The maximum absolute atomic E-state index is 5.26. The van der Waals surface area contributed by atoms with Crippen molar-refractivity contribution in [2.75, 3.05) is 14.2 Å². The minimum absolute atomic E-state index is 0.301. The fourth-order valence-corrected chi connectivity index (χ4v) is 3.32. The molecular formula is C17H24N4OS. The number of hydrogen-bond acceptors (Lipinski definition) is 4. The number of hydrogen-bond donors (Lipinski definition) is 2. The van der Waals surface area contributed by atoms with Crippen LogP contribution >= 0.6 is 11.3 Å². The maximum atomic E-state index is 5.26. The molecule has 0 saturated carbocycles. The van der Waals surface area contributed by atoms with Crippen LogP contribution in [-0.2, 0) is 13.0 Å². The van der Waals surface area contributed by atoms with Gasteiger partial charge in [0.15, 0.2) is 5.96 Å². The van der Waals surface area contributed by atoms with Gasteiger partial charge in [0, 0.05) is 47.6 Å². The predicted octanol–water partition coefficient (Wildman–Crippen LogP) is 2.76. The number of ether oxygens (including phenoxy) is 1. The maximum Gasteiger partial charge on any atom is 0.218 e. The summed E-state index contributed by atoms with van der Waals surface area (Å²) >= 11 is 1.84. The number of rotatable bonds is 6. The van der Waals surface area contributed by atoms with Gasteiger partial charge in [0.2, 0.25) is 5.88 Å². The molecule has 2 aromatic heterocycles. The Bertz CT molecular complexity index is 654. The van der Waals surface area contributed by atoms with E-state index in [4.69, 9.17) is 4.74 Å². The summed E-state index contributed by atoms with van der Waals surface area (Å²) in [4.78, 5) is 11.2. The minimum Gasteiger partial charge on any atom is -0.481 e. The third-order valence-corrected chi connectivity index (χ3v) is 4.42. The van der Waals surface area contributed by atoms with Gasteiger partial charge >= 0.3 is 0 Å². The van der Waals surface area contributed by atoms with Crippen molar-refractivity contribution in [1.82, 2.24) is 15.6 Å². The van der Waals surface area contributed by atoms with Gasteiger partial charge in [-0.25, -0.2) is 4.98 Å². The topological polar surface area (TPSA) is 58.5 Å². The molecule has 0 aliphatic carbocycles. The van der Waals surface area contributed by atoms with Gasteiger partial charge in [0.1, 0.15) is 0 Å². The minimum atomic E-state index is 0.301. The van der Waals surface area contributed by atoms with Crippen LogP contribution in [0.5, 0.6) is 5.88 Å². The van der Waals surface area contributed by atoms with Crippen LogP contribution in [0.3, 0.4) is 0 Å². The first kappa shape index (κ1) is 17.3. The molecule has 1 atom stereocenters. The molecule has 5 nitrogen and oxygen atoms in total. The lowest BCUT2D eigenvalue weighted by Gasteiger charge is -2.18. The molecule has 2 rings (SSSR count). The molecule has 0 bridgehead atoms. The van der Waals surface area contributed by atoms with Crippen molar-refractivity contribution in [3.05, 3.63) is 45.8 Å². The Kier molecular flexibility index (Phi) is 6.40. The summed E-state index contributed by atoms with van der Waals surface area (Å²) in [6.45, 7) is 4.90. The fourth-order valence-electron chi connectivity index (χ4n) is 2.30. The van der Waals surface area contributed by atoms with E-state index in [0.717, 1.165) is 17.9 Å². The molecule has 23 heavy (non-hydrogen) atoms. The van der Waals surface area contributed by atoms with E-state index in [2.05, 4.69) is 46.6 Å². The molecule has 0 spiro atoms. The summed E-state index contributed by atoms with van der Waals surface area (Å²) < 4.78 is 5.26. The van der Waals surface area contributed by atoms with Crippen molar-refractivity contribution in [2.45, 2.75) is 32.9 Å². The van der Waals surface area contributed by atoms with Crippen LogP contribution in [0.25, 0.3) is 0 Å². The monoisotopic (exact) mass is 332 g/mol. The van der Waals surface area contributed by atoms with Crippen molar-refractivity contribution < 1.29 is 4.74 Å². The SMILES string of the molecule is CN=C(NCc1cccnc1OC)NC(C)Cc1ccc(C)s1. The Morgan fingerprint density at radius 1 is 1.39 bits per heavy atom. The first-order chi connectivity index (χ1) is 11.1. The second-order valence-corrected chi connectivity index (χ2v) is 6.73. The van der Waals surface area contributed by atoms with E-state index in [-0.39, 0.29) is 0 Å². The zero-order valence-corrected chi connectivity index (χ0v) is 14.9. The number of nitrogens with zero attached hydrogens (tertiary/aromatic N) is 2. The van der Waals surface area contributed by atoms with Crippen molar-refractivity contribution in [3.8, 4) is 5.88 Å². The van der Waals surface area contributed by atoms with Crippen LogP contribution in [0.1, 0.15) is 22.2 Å². The van der Waals surface area contributed by atoms with Gasteiger partial charge in [0.25, 0.3) is 0 Å². The van der Waals surface area contributed by atoms with E-state index >= 15 is 0 Å². The van der Waals surface area contributed by atoms with Gasteiger partial charge in [-0.05, 0) is 32.0 Å². The first-order valence-electron chi connectivity index (χ1n) is 7.62. The molecule has 0 amide bonds. The Balaban J connectivity index is 1.87. The van der Waals surface area contributed by atoms with E-state index < -0.39 is 0 Å². The van der Waals surface area contributed by atoms with E-state index in [1.165, 1.54) is 9.75 Å². The van der Waals surface area contributed by atoms with E-state index in [0.29, 0.717) is 18.5 Å². The van der Waals surface area contributed by atoms with Gasteiger partial charge in [-0.3, -0.25) is 4.99 Å². The second kappa shape index (κ2) is 8.53. The lowest BCUT2D eigenvalue weighted by Crippen LogP contribution is -2.42. The zero-order valence-electron chi connectivity index (χ0n) is 14.1. The highest BCUT2D eigenvalue weighted by molar-refractivity contribution is 7.11. The Morgan fingerprint density at radius 2 is 2.22 bits per heavy atom. The van der Waals surface area contributed by atoms with Gasteiger partial charge in [-0.15, -0.1) is 11.3 Å². The second-order valence-electron chi connectivity index (χ2n) is 5.36. The number of guanidine groups is 1. The molecule has 0 radical (unpaired) electrons. The van der Waals surface area contributed by atoms with Crippen molar-refractivity contribution >= 4 is 17.3 Å². The number of methoxy groups -OCH3 is 1. The van der Waals surface area contributed by atoms with Gasteiger partial charge < -0.3 is 15.4 Å². The number of aliphatic imine (C=N–C) groups is 1. The zero-order chi connectivity index (χ0) is 16.7. The predicted molar refractivity (Wildman–Crippen MR) is 96.3 cm³/mol. The van der Waals surface area contributed by atoms with Crippen LogP contribution in [0.4, 0.5) is 0 Å². The molecule has 0 saturated heterocycles. The van der Waals surface area contributed by atoms with Crippen LogP contribution in [0.2, 0.25) is 0 Å². The highest BCUT2D eigenvalue weighted by Crippen LogP contribution is 2.16. The van der Waals surface area contributed by atoms with Crippen molar-refractivity contribution in [3.63, 3.8) is 0 Å². The molecule has 2 N–H and O–H groups in total. The smallest absolute Gasteiger partial charge is 0.218 e.